The minimum Gasteiger partial charge on any atom is -0.493 e. The first kappa shape index (κ1) is 25.4. The normalized spacial score (nSPS) is 11.0. The number of halogens is 1. The van der Waals surface area contributed by atoms with Crippen molar-refractivity contribution in [2.24, 2.45) is 5.10 Å². The Bertz CT molecular complexity index is 1350. The second-order valence-corrected chi connectivity index (χ2v) is 9.14. The molecule has 4 rings (SSSR count). The molecule has 0 aliphatic heterocycles. The van der Waals surface area contributed by atoms with Crippen LogP contribution < -0.4 is 14.9 Å². The summed E-state index contributed by atoms with van der Waals surface area (Å²) < 4.78 is 13.7. The van der Waals surface area contributed by atoms with Crippen molar-refractivity contribution in [1.82, 2.24) is 25.2 Å². The van der Waals surface area contributed by atoms with Crippen molar-refractivity contribution in [3.05, 3.63) is 77.0 Å². The molecular formula is C25H23BrN6O3S. The molecule has 0 unspecified atom stereocenters. The summed E-state index contributed by atoms with van der Waals surface area (Å²) in [6.07, 6.45) is 4.95. The number of methoxy groups -OCH3 is 1. The van der Waals surface area contributed by atoms with E-state index >= 15 is 0 Å². The topological polar surface area (TPSA) is 104 Å². The first-order chi connectivity index (χ1) is 17.6. The number of benzene rings is 2. The number of hydrogen-bond acceptors (Lipinski definition) is 8. The zero-order valence-electron chi connectivity index (χ0n) is 19.6. The van der Waals surface area contributed by atoms with Crippen molar-refractivity contribution in [3.8, 4) is 28.6 Å². The Morgan fingerprint density at radius 1 is 1.11 bits per heavy atom. The fourth-order valence-electron chi connectivity index (χ4n) is 3.25. The number of hydrogen-bond donors (Lipinski definition) is 1. The van der Waals surface area contributed by atoms with E-state index in [-0.39, 0.29) is 11.7 Å². The minimum atomic E-state index is -0.273. The lowest BCUT2D eigenvalue weighted by atomic mass is 10.2. The lowest BCUT2D eigenvalue weighted by molar-refractivity contribution is -0.118. The number of hydrazone groups is 1. The van der Waals surface area contributed by atoms with E-state index in [2.05, 4.69) is 41.6 Å². The van der Waals surface area contributed by atoms with Crippen LogP contribution >= 0.6 is 27.7 Å². The number of aromatic nitrogens is 4. The molecule has 0 radical (unpaired) electrons. The molecule has 1 amide bonds. The van der Waals surface area contributed by atoms with Gasteiger partial charge in [-0.15, -0.1) is 10.2 Å². The van der Waals surface area contributed by atoms with Crippen LogP contribution in [-0.4, -0.2) is 51.3 Å². The number of ether oxygens (including phenoxy) is 2. The van der Waals surface area contributed by atoms with Gasteiger partial charge in [0.25, 0.3) is 5.91 Å². The summed E-state index contributed by atoms with van der Waals surface area (Å²) in [5.74, 6) is 1.74. The van der Waals surface area contributed by atoms with Crippen LogP contribution in [0.25, 0.3) is 17.1 Å². The van der Waals surface area contributed by atoms with E-state index in [1.54, 1.807) is 37.9 Å². The van der Waals surface area contributed by atoms with Crippen LogP contribution in [0.4, 0.5) is 0 Å². The molecule has 2 aromatic heterocycles. The van der Waals surface area contributed by atoms with Gasteiger partial charge in [-0.3, -0.25) is 14.3 Å². The van der Waals surface area contributed by atoms with Crippen LogP contribution in [0.2, 0.25) is 0 Å². The van der Waals surface area contributed by atoms with Crippen LogP contribution in [0.5, 0.6) is 11.5 Å². The highest BCUT2D eigenvalue weighted by atomic mass is 79.9. The molecule has 36 heavy (non-hydrogen) atoms. The maximum atomic E-state index is 12.5. The third kappa shape index (κ3) is 6.29. The van der Waals surface area contributed by atoms with Crippen molar-refractivity contribution in [2.45, 2.75) is 12.1 Å². The van der Waals surface area contributed by atoms with E-state index in [4.69, 9.17) is 9.47 Å². The summed E-state index contributed by atoms with van der Waals surface area (Å²) >= 11 is 4.74. The average molecular weight is 567 g/mol. The van der Waals surface area contributed by atoms with Crippen LogP contribution in [0.1, 0.15) is 12.5 Å². The maximum Gasteiger partial charge on any atom is 0.250 e. The van der Waals surface area contributed by atoms with Crippen molar-refractivity contribution in [2.75, 3.05) is 19.5 Å². The van der Waals surface area contributed by atoms with Crippen LogP contribution in [-0.2, 0) is 4.79 Å². The Kier molecular flexibility index (Phi) is 8.69. The Morgan fingerprint density at radius 3 is 2.61 bits per heavy atom. The number of carbonyl (C=O) groups is 1. The highest BCUT2D eigenvalue weighted by molar-refractivity contribution is 9.10. The Labute approximate surface area is 221 Å². The molecule has 1 N–H and O–H groups in total. The second kappa shape index (κ2) is 12.3. The van der Waals surface area contributed by atoms with Crippen molar-refractivity contribution >= 4 is 39.8 Å². The van der Waals surface area contributed by atoms with E-state index < -0.39 is 0 Å². The number of pyridine rings is 1. The van der Waals surface area contributed by atoms with E-state index in [9.17, 15) is 4.79 Å². The van der Waals surface area contributed by atoms with E-state index in [0.717, 1.165) is 21.3 Å². The van der Waals surface area contributed by atoms with Crippen LogP contribution in [0.15, 0.2) is 81.7 Å². The molecule has 0 saturated carbocycles. The Hall–Kier alpha value is -3.70. The third-order valence-corrected chi connectivity index (χ3v) is 6.34. The molecule has 2 aromatic carbocycles. The predicted molar refractivity (Wildman–Crippen MR) is 143 cm³/mol. The number of amides is 1. The summed E-state index contributed by atoms with van der Waals surface area (Å²) in [6.45, 7) is 2.45. The molecule has 2 heterocycles. The van der Waals surface area contributed by atoms with Gasteiger partial charge in [-0.25, -0.2) is 5.43 Å². The van der Waals surface area contributed by atoms with Gasteiger partial charge in [0, 0.05) is 28.1 Å². The first-order valence-corrected chi connectivity index (χ1v) is 12.7. The molecule has 0 spiro atoms. The zero-order valence-corrected chi connectivity index (χ0v) is 22.0. The highest BCUT2D eigenvalue weighted by Crippen LogP contribution is 2.29. The third-order valence-electron chi connectivity index (χ3n) is 4.88. The minimum absolute atomic E-state index is 0.106. The quantitative estimate of drug-likeness (QED) is 0.168. The van der Waals surface area contributed by atoms with Gasteiger partial charge in [0.1, 0.15) is 0 Å². The molecular weight excluding hydrogens is 544 g/mol. The van der Waals surface area contributed by atoms with Gasteiger partial charge < -0.3 is 9.47 Å². The van der Waals surface area contributed by atoms with Crippen LogP contribution in [0.3, 0.4) is 0 Å². The van der Waals surface area contributed by atoms with Crippen molar-refractivity contribution < 1.29 is 14.3 Å². The number of carbonyl (C=O) groups excluding carboxylic acids is 1. The molecule has 9 nitrogen and oxygen atoms in total. The van der Waals surface area contributed by atoms with Gasteiger partial charge in [-0.05, 0) is 67.1 Å². The molecule has 0 bridgehead atoms. The predicted octanol–water partition coefficient (Wildman–Crippen LogP) is 4.74. The van der Waals surface area contributed by atoms with E-state index in [0.29, 0.717) is 29.1 Å². The molecule has 184 valence electrons. The number of nitrogens with one attached hydrogen (secondary N) is 1. The molecule has 0 fully saturated rings. The summed E-state index contributed by atoms with van der Waals surface area (Å²) in [4.78, 5) is 16.6. The van der Waals surface area contributed by atoms with E-state index in [1.165, 1.54) is 11.8 Å². The smallest absolute Gasteiger partial charge is 0.250 e. The lowest BCUT2D eigenvalue weighted by Gasteiger charge is -2.10. The molecule has 0 atom stereocenters. The molecule has 4 aromatic rings. The van der Waals surface area contributed by atoms with Gasteiger partial charge in [0.2, 0.25) is 0 Å². The van der Waals surface area contributed by atoms with Gasteiger partial charge in [0.05, 0.1) is 25.7 Å². The Morgan fingerprint density at radius 2 is 1.89 bits per heavy atom. The van der Waals surface area contributed by atoms with E-state index in [1.807, 2.05) is 54.0 Å². The highest BCUT2D eigenvalue weighted by Gasteiger charge is 2.17. The van der Waals surface area contributed by atoms with Gasteiger partial charge in [-0.1, -0.05) is 27.7 Å². The van der Waals surface area contributed by atoms with Crippen molar-refractivity contribution in [3.63, 3.8) is 0 Å². The zero-order chi connectivity index (χ0) is 25.3. The SMILES string of the molecule is CCOc1ccc(C=NNC(=O)CSc2nnc(-c3ccncc3)n2-c2ccc(Br)cc2)cc1OC. The second-order valence-electron chi connectivity index (χ2n) is 7.28. The van der Waals surface area contributed by atoms with Gasteiger partial charge >= 0.3 is 0 Å². The molecule has 0 aliphatic carbocycles. The standard InChI is InChI=1S/C25H23BrN6O3S/c1-3-35-21-9-4-17(14-22(21)34-2)15-28-29-23(33)16-36-25-31-30-24(18-10-12-27-13-11-18)32(25)20-7-5-19(26)6-8-20/h4-15H,3,16H2,1-2H3,(H,29,33). The summed E-state index contributed by atoms with van der Waals surface area (Å²) in [7, 11) is 1.57. The average Bonchev–Trinajstić information content (AvgIpc) is 3.33. The number of rotatable bonds is 10. The van der Waals surface area contributed by atoms with Crippen LogP contribution in [0, 0.1) is 0 Å². The maximum absolute atomic E-state index is 12.5. The molecule has 11 heteroatoms. The van der Waals surface area contributed by atoms with Gasteiger partial charge in [0.15, 0.2) is 22.5 Å². The molecule has 0 saturated heterocycles. The van der Waals surface area contributed by atoms with Crippen molar-refractivity contribution in [1.29, 1.82) is 0 Å². The lowest BCUT2D eigenvalue weighted by Crippen LogP contribution is -2.20. The fourth-order valence-corrected chi connectivity index (χ4v) is 4.26. The largest absolute Gasteiger partial charge is 0.493 e. The fraction of sp³-hybridized carbons (Fsp3) is 0.160. The number of thioether (sulfide) groups is 1. The monoisotopic (exact) mass is 566 g/mol. The molecule has 0 aliphatic rings. The summed E-state index contributed by atoms with van der Waals surface area (Å²) in [5, 5.41) is 13.3. The first-order valence-electron chi connectivity index (χ1n) is 11.0. The summed E-state index contributed by atoms with van der Waals surface area (Å²) in [6, 6.07) is 17.0. The number of nitrogens with zero attached hydrogens (tertiary/aromatic N) is 5. The van der Waals surface area contributed by atoms with Gasteiger partial charge in [-0.2, -0.15) is 5.10 Å². The summed E-state index contributed by atoms with van der Waals surface area (Å²) in [5.41, 5.74) is 5.06. The Balaban J connectivity index is 1.45.